The highest BCUT2D eigenvalue weighted by molar-refractivity contribution is 8.18. The van der Waals surface area contributed by atoms with Crippen molar-refractivity contribution in [2.75, 3.05) is 20.8 Å². The van der Waals surface area contributed by atoms with Gasteiger partial charge in [0.15, 0.2) is 18.1 Å². The van der Waals surface area contributed by atoms with Crippen molar-refractivity contribution in [3.63, 3.8) is 0 Å². The number of ether oxygens (including phenoxy) is 3. The molecule has 140 valence electrons. The van der Waals surface area contributed by atoms with Gasteiger partial charge < -0.3 is 14.2 Å². The lowest BCUT2D eigenvalue weighted by Crippen LogP contribution is -2.36. The summed E-state index contributed by atoms with van der Waals surface area (Å²) in [6.45, 7) is 3.53. The van der Waals surface area contributed by atoms with Crippen molar-refractivity contribution < 1.29 is 28.6 Å². The fourth-order valence-corrected chi connectivity index (χ4v) is 3.21. The molecule has 1 aromatic carbocycles. The van der Waals surface area contributed by atoms with Crippen molar-refractivity contribution in [1.82, 2.24) is 4.90 Å². The molecule has 0 radical (unpaired) electrons. The number of hydrogen-bond acceptors (Lipinski definition) is 7. The van der Waals surface area contributed by atoms with E-state index >= 15 is 0 Å². The van der Waals surface area contributed by atoms with Gasteiger partial charge in [-0.3, -0.25) is 14.5 Å². The summed E-state index contributed by atoms with van der Waals surface area (Å²) in [5.74, 6) is -0.0132. The summed E-state index contributed by atoms with van der Waals surface area (Å²) < 4.78 is 15.1. The molecule has 1 heterocycles. The van der Waals surface area contributed by atoms with E-state index in [2.05, 4.69) is 4.74 Å². The molecule has 0 unspecified atom stereocenters. The van der Waals surface area contributed by atoms with Gasteiger partial charge in [-0.15, -0.1) is 0 Å². The normalized spacial score (nSPS) is 16.8. The van der Waals surface area contributed by atoms with E-state index in [0.29, 0.717) is 28.4 Å². The Morgan fingerprint density at radius 1 is 1.27 bits per heavy atom. The number of esters is 1. The van der Waals surface area contributed by atoms with Crippen LogP contribution < -0.4 is 9.47 Å². The molecule has 0 bridgehead atoms. The largest absolute Gasteiger partial charge is 0.493 e. The quantitative estimate of drug-likeness (QED) is 0.532. The lowest BCUT2D eigenvalue weighted by Gasteiger charge is -2.19. The summed E-state index contributed by atoms with van der Waals surface area (Å²) in [6.07, 6.45) is 2.34. The highest BCUT2D eigenvalue weighted by Crippen LogP contribution is 2.35. The smallest absolute Gasteiger partial charge is 0.343 e. The van der Waals surface area contributed by atoms with Crippen molar-refractivity contribution >= 4 is 35.0 Å². The monoisotopic (exact) mass is 379 g/mol. The maximum absolute atomic E-state index is 12.5. The van der Waals surface area contributed by atoms with E-state index in [9.17, 15) is 14.4 Å². The molecule has 1 aromatic rings. The van der Waals surface area contributed by atoms with Gasteiger partial charge in [0.1, 0.15) is 0 Å². The number of nitrogens with zero attached hydrogens (tertiary/aromatic N) is 1. The number of imide groups is 1. The number of hydrogen-bond donors (Lipinski definition) is 0. The van der Waals surface area contributed by atoms with Gasteiger partial charge in [-0.1, -0.05) is 13.0 Å². The minimum Gasteiger partial charge on any atom is -0.493 e. The summed E-state index contributed by atoms with van der Waals surface area (Å²) in [6, 6.07) is 4.87. The van der Waals surface area contributed by atoms with E-state index in [1.54, 1.807) is 24.3 Å². The number of benzene rings is 1. The Hall–Kier alpha value is -2.48. The fourth-order valence-electron chi connectivity index (χ4n) is 2.28. The molecule has 0 spiro atoms. The highest BCUT2D eigenvalue weighted by atomic mass is 32.2. The van der Waals surface area contributed by atoms with Crippen molar-refractivity contribution in [3.8, 4) is 11.5 Å². The third-order valence-electron chi connectivity index (χ3n) is 3.91. The predicted octanol–water partition coefficient (Wildman–Crippen LogP) is 3.08. The SMILES string of the molecule is CC[C@H](C)N1C(=O)SC(=Cc2ccc(OCC(=O)OC)c(OC)c2)C1=O. The standard InChI is InChI=1S/C18H21NO6S/c1-5-11(2)19-17(21)15(26-18(19)22)9-12-6-7-13(14(8-12)23-3)25-10-16(20)24-4/h6-9,11H,5,10H2,1-4H3/t11-/m0/s1. The number of carbonyl (C=O) groups excluding carboxylic acids is 3. The van der Waals surface area contributed by atoms with Crippen LogP contribution in [0.2, 0.25) is 0 Å². The number of methoxy groups -OCH3 is 2. The number of amides is 2. The number of rotatable bonds is 7. The molecule has 0 N–H and O–H groups in total. The molecule has 0 saturated carbocycles. The van der Waals surface area contributed by atoms with Crippen LogP contribution in [0.4, 0.5) is 4.79 Å². The maximum Gasteiger partial charge on any atom is 0.343 e. The van der Waals surface area contributed by atoms with Crippen LogP contribution in [0, 0.1) is 0 Å². The van der Waals surface area contributed by atoms with Gasteiger partial charge in [-0.2, -0.15) is 0 Å². The van der Waals surface area contributed by atoms with Crippen LogP contribution in [0.25, 0.3) is 6.08 Å². The minimum absolute atomic E-state index is 0.142. The third-order valence-corrected chi connectivity index (χ3v) is 4.80. The Morgan fingerprint density at radius 3 is 2.62 bits per heavy atom. The maximum atomic E-state index is 12.5. The van der Waals surface area contributed by atoms with Crippen LogP contribution in [0.1, 0.15) is 25.8 Å². The fraction of sp³-hybridized carbons (Fsp3) is 0.389. The van der Waals surface area contributed by atoms with Gasteiger partial charge in [-0.25, -0.2) is 4.79 Å². The average Bonchev–Trinajstić information content (AvgIpc) is 2.92. The van der Waals surface area contributed by atoms with Crippen molar-refractivity contribution in [2.24, 2.45) is 0 Å². The molecule has 2 rings (SSSR count). The zero-order chi connectivity index (χ0) is 19.3. The molecule has 8 heteroatoms. The Kier molecular flexibility index (Phi) is 6.68. The molecule has 1 fully saturated rings. The Bertz CT molecular complexity index is 745. The molecule has 1 atom stereocenters. The second-order valence-corrected chi connectivity index (χ2v) is 6.58. The van der Waals surface area contributed by atoms with Gasteiger partial charge >= 0.3 is 5.97 Å². The summed E-state index contributed by atoms with van der Waals surface area (Å²) in [5.41, 5.74) is 0.682. The summed E-state index contributed by atoms with van der Waals surface area (Å²) in [4.78, 5) is 37.4. The topological polar surface area (TPSA) is 82.1 Å². The van der Waals surface area contributed by atoms with Gasteiger partial charge in [0.2, 0.25) is 0 Å². The molecule has 1 aliphatic heterocycles. The predicted molar refractivity (Wildman–Crippen MR) is 98.1 cm³/mol. The molecule has 2 amide bonds. The van der Waals surface area contributed by atoms with Crippen LogP contribution in [-0.4, -0.2) is 48.9 Å². The Morgan fingerprint density at radius 2 is 2.00 bits per heavy atom. The van der Waals surface area contributed by atoms with Crippen molar-refractivity contribution in [2.45, 2.75) is 26.3 Å². The van der Waals surface area contributed by atoms with Gasteiger partial charge in [0.05, 0.1) is 19.1 Å². The van der Waals surface area contributed by atoms with E-state index in [1.165, 1.54) is 19.1 Å². The zero-order valence-corrected chi connectivity index (χ0v) is 15.9. The van der Waals surface area contributed by atoms with Crippen LogP contribution in [0.5, 0.6) is 11.5 Å². The second-order valence-electron chi connectivity index (χ2n) is 5.58. The lowest BCUT2D eigenvalue weighted by atomic mass is 10.1. The van der Waals surface area contributed by atoms with Gasteiger partial charge in [-0.05, 0) is 48.9 Å². The molecule has 0 aromatic heterocycles. The number of carbonyl (C=O) groups is 3. The molecular weight excluding hydrogens is 358 g/mol. The minimum atomic E-state index is -0.505. The second kappa shape index (κ2) is 8.75. The summed E-state index contributed by atoms with van der Waals surface area (Å²) >= 11 is 0.920. The third kappa shape index (κ3) is 4.37. The first-order valence-electron chi connectivity index (χ1n) is 8.06. The van der Waals surface area contributed by atoms with Crippen molar-refractivity contribution in [3.05, 3.63) is 28.7 Å². The van der Waals surface area contributed by atoms with E-state index in [-0.39, 0.29) is 23.8 Å². The van der Waals surface area contributed by atoms with Gasteiger partial charge in [0.25, 0.3) is 11.1 Å². The van der Waals surface area contributed by atoms with Crippen LogP contribution in [-0.2, 0) is 14.3 Å². The highest BCUT2D eigenvalue weighted by Gasteiger charge is 2.37. The molecular formula is C18H21NO6S. The first-order valence-corrected chi connectivity index (χ1v) is 8.87. The van der Waals surface area contributed by atoms with Crippen molar-refractivity contribution in [1.29, 1.82) is 0 Å². The van der Waals surface area contributed by atoms with E-state index < -0.39 is 5.97 Å². The summed E-state index contributed by atoms with van der Waals surface area (Å²) in [5, 5.41) is -0.263. The van der Waals surface area contributed by atoms with Gasteiger partial charge in [0, 0.05) is 6.04 Å². The summed E-state index contributed by atoms with van der Waals surface area (Å²) in [7, 11) is 2.75. The number of thioether (sulfide) groups is 1. The van der Waals surface area contributed by atoms with E-state index in [0.717, 1.165) is 11.8 Å². The lowest BCUT2D eigenvalue weighted by molar-refractivity contribution is -0.143. The molecule has 1 aliphatic rings. The Balaban J connectivity index is 2.21. The Labute approximate surface area is 156 Å². The molecule has 0 aliphatic carbocycles. The molecule has 7 nitrogen and oxygen atoms in total. The first kappa shape index (κ1) is 19.8. The first-order chi connectivity index (χ1) is 12.4. The molecule has 26 heavy (non-hydrogen) atoms. The molecule has 1 saturated heterocycles. The van der Waals surface area contributed by atoms with E-state index in [4.69, 9.17) is 9.47 Å². The average molecular weight is 379 g/mol. The van der Waals surface area contributed by atoms with Crippen LogP contribution >= 0.6 is 11.8 Å². The van der Waals surface area contributed by atoms with Crippen LogP contribution in [0.3, 0.4) is 0 Å². The zero-order valence-electron chi connectivity index (χ0n) is 15.1. The van der Waals surface area contributed by atoms with Crippen LogP contribution in [0.15, 0.2) is 23.1 Å². The van der Waals surface area contributed by atoms with E-state index in [1.807, 2.05) is 13.8 Å².